The van der Waals surface area contributed by atoms with E-state index in [1.807, 2.05) is 17.5 Å². The van der Waals surface area contributed by atoms with Crippen LogP contribution in [0.4, 0.5) is 4.79 Å². The highest BCUT2D eigenvalue weighted by Gasteiger charge is 2.13. The SMILES string of the molecule is NC(=O)OS(=O)(=O)NCCc1cccs1. The van der Waals surface area contributed by atoms with Crippen molar-refractivity contribution in [3.05, 3.63) is 22.4 Å². The number of carbonyl (C=O) groups excluding carboxylic acids is 1. The van der Waals surface area contributed by atoms with Crippen LogP contribution in [-0.4, -0.2) is 21.1 Å². The Hall–Kier alpha value is -1.12. The zero-order valence-electron chi connectivity index (χ0n) is 7.67. The topological polar surface area (TPSA) is 98.5 Å². The molecule has 0 bridgehead atoms. The first-order valence-corrected chi connectivity index (χ1v) is 6.29. The third-order valence-electron chi connectivity index (χ3n) is 1.42. The normalized spacial score (nSPS) is 11.2. The fourth-order valence-electron chi connectivity index (χ4n) is 0.892. The standard InChI is InChI=1S/C7H10N2O4S2/c8-7(10)13-15(11,12)9-4-3-6-2-1-5-14-6/h1-2,5,9H,3-4H2,(H2,8,10). The molecule has 0 aliphatic heterocycles. The quantitative estimate of drug-likeness (QED) is 0.781. The molecule has 0 saturated carbocycles. The Morgan fingerprint density at radius 2 is 2.33 bits per heavy atom. The van der Waals surface area contributed by atoms with Gasteiger partial charge in [0.1, 0.15) is 0 Å². The van der Waals surface area contributed by atoms with Gasteiger partial charge in [0, 0.05) is 11.4 Å². The van der Waals surface area contributed by atoms with Crippen molar-refractivity contribution in [2.75, 3.05) is 6.54 Å². The summed E-state index contributed by atoms with van der Waals surface area (Å²) in [4.78, 5) is 11.2. The summed E-state index contributed by atoms with van der Waals surface area (Å²) in [5.41, 5.74) is 4.57. The van der Waals surface area contributed by atoms with Crippen LogP contribution in [0.15, 0.2) is 17.5 Å². The molecule has 0 aliphatic carbocycles. The van der Waals surface area contributed by atoms with E-state index in [4.69, 9.17) is 0 Å². The second-order valence-electron chi connectivity index (χ2n) is 2.58. The van der Waals surface area contributed by atoms with E-state index in [9.17, 15) is 13.2 Å². The lowest BCUT2D eigenvalue weighted by molar-refractivity contribution is 0.212. The fraction of sp³-hybridized carbons (Fsp3) is 0.286. The van der Waals surface area contributed by atoms with Crippen LogP contribution in [0.2, 0.25) is 0 Å². The van der Waals surface area contributed by atoms with Crippen LogP contribution >= 0.6 is 11.3 Å². The van der Waals surface area contributed by atoms with Crippen molar-refractivity contribution < 1.29 is 17.4 Å². The minimum Gasteiger partial charge on any atom is -0.334 e. The molecule has 0 fully saturated rings. The number of nitrogens with one attached hydrogen (secondary N) is 1. The summed E-state index contributed by atoms with van der Waals surface area (Å²) in [7, 11) is -4.05. The summed E-state index contributed by atoms with van der Waals surface area (Å²) in [5.74, 6) is 0. The number of thiophene rings is 1. The number of rotatable bonds is 5. The zero-order chi connectivity index (χ0) is 11.3. The highest BCUT2D eigenvalue weighted by molar-refractivity contribution is 7.85. The number of primary amides is 1. The molecule has 15 heavy (non-hydrogen) atoms. The molecule has 0 saturated heterocycles. The monoisotopic (exact) mass is 250 g/mol. The van der Waals surface area contributed by atoms with Crippen molar-refractivity contribution in [1.29, 1.82) is 0 Å². The van der Waals surface area contributed by atoms with E-state index >= 15 is 0 Å². The van der Waals surface area contributed by atoms with Crippen molar-refractivity contribution in [1.82, 2.24) is 4.72 Å². The maximum absolute atomic E-state index is 10.9. The summed E-state index contributed by atoms with van der Waals surface area (Å²) in [6.07, 6.45) is -0.808. The number of hydrogen-bond acceptors (Lipinski definition) is 5. The molecule has 3 N–H and O–H groups in total. The lowest BCUT2D eigenvalue weighted by Crippen LogP contribution is -2.31. The predicted octanol–water partition coefficient (Wildman–Crippen LogP) is 0.220. The van der Waals surface area contributed by atoms with Gasteiger partial charge in [0.25, 0.3) is 0 Å². The molecule has 1 rings (SSSR count). The van der Waals surface area contributed by atoms with Crippen molar-refractivity contribution in [2.45, 2.75) is 6.42 Å². The second kappa shape index (κ2) is 5.10. The van der Waals surface area contributed by atoms with Gasteiger partial charge in [-0.3, -0.25) is 0 Å². The Kier molecular flexibility index (Phi) is 4.06. The molecular weight excluding hydrogens is 240 g/mol. The summed E-state index contributed by atoms with van der Waals surface area (Å²) in [5, 5.41) is 1.89. The van der Waals surface area contributed by atoms with Gasteiger partial charge in [-0.15, -0.1) is 11.3 Å². The van der Waals surface area contributed by atoms with Crippen molar-refractivity contribution in [3.63, 3.8) is 0 Å². The largest absolute Gasteiger partial charge is 0.421 e. The van der Waals surface area contributed by atoms with Crippen LogP contribution in [-0.2, 0) is 20.9 Å². The van der Waals surface area contributed by atoms with Crippen molar-refractivity contribution in [3.8, 4) is 0 Å². The lowest BCUT2D eigenvalue weighted by Gasteiger charge is -2.03. The number of nitrogens with two attached hydrogens (primary N) is 1. The molecule has 0 aliphatic rings. The maximum atomic E-state index is 10.9. The highest BCUT2D eigenvalue weighted by Crippen LogP contribution is 2.08. The molecule has 8 heteroatoms. The van der Waals surface area contributed by atoms with E-state index in [0.717, 1.165) is 4.88 Å². The molecule has 0 radical (unpaired) electrons. The Morgan fingerprint density at radius 3 is 2.87 bits per heavy atom. The summed E-state index contributed by atoms with van der Waals surface area (Å²) in [6, 6.07) is 3.75. The van der Waals surface area contributed by atoms with Gasteiger partial charge in [0.05, 0.1) is 0 Å². The van der Waals surface area contributed by atoms with Crippen LogP contribution in [0.1, 0.15) is 4.88 Å². The van der Waals surface area contributed by atoms with Crippen LogP contribution in [0.5, 0.6) is 0 Å². The van der Waals surface area contributed by atoms with E-state index in [0.29, 0.717) is 6.42 Å². The minimum atomic E-state index is -4.05. The van der Waals surface area contributed by atoms with Crippen LogP contribution < -0.4 is 10.5 Å². The molecule has 0 aromatic carbocycles. The van der Waals surface area contributed by atoms with Gasteiger partial charge in [-0.2, -0.15) is 13.1 Å². The average Bonchev–Trinajstić information content (AvgIpc) is 2.53. The minimum absolute atomic E-state index is 0.163. The van der Waals surface area contributed by atoms with E-state index in [-0.39, 0.29) is 6.54 Å². The highest BCUT2D eigenvalue weighted by atomic mass is 32.2. The smallest absolute Gasteiger partial charge is 0.334 e. The molecule has 0 atom stereocenters. The Balaban J connectivity index is 2.34. The summed E-state index contributed by atoms with van der Waals surface area (Å²) >= 11 is 1.52. The third-order valence-corrected chi connectivity index (χ3v) is 3.30. The molecule has 0 spiro atoms. The Bertz CT molecular complexity index is 412. The fourth-order valence-corrected chi connectivity index (χ4v) is 2.23. The number of amides is 1. The molecular formula is C7H10N2O4S2. The van der Waals surface area contributed by atoms with E-state index in [2.05, 4.69) is 14.6 Å². The molecule has 1 amide bonds. The van der Waals surface area contributed by atoms with Crippen LogP contribution in [0.3, 0.4) is 0 Å². The molecule has 1 aromatic heterocycles. The molecule has 0 unspecified atom stereocenters. The third kappa shape index (κ3) is 4.77. The van der Waals surface area contributed by atoms with Gasteiger partial charge < -0.3 is 9.92 Å². The molecule has 6 nitrogen and oxygen atoms in total. The predicted molar refractivity (Wildman–Crippen MR) is 55.6 cm³/mol. The molecule has 1 heterocycles. The Labute approximate surface area is 91.3 Å². The Morgan fingerprint density at radius 1 is 1.60 bits per heavy atom. The zero-order valence-corrected chi connectivity index (χ0v) is 9.31. The first-order chi connectivity index (χ1) is 6.99. The van der Waals surface area contributed by atoms with E-state index < -0.39 is 16.4 Å². The van der Waals surface area contributed by atoms with E-state index in [1.54, 1.807) is 0 Å². The first kappa shape index (κ1) is 12.0. The summed E-state index contributed by atoms with van der Waals surface area (Å²) in [6.45, 7) is 0.163. The average molecular weight is 250 g/mol. The van der Waals surface area contributed by atoms with Gasteiger partial charge in [0.2, 0.25) is 0 Å². The lowest BCUT2D eigenvalue weighted by atomic mass is 10.3. The first-order valence-electron chi connectivity index (χ1n) is 4.00. The second-order valence-corrected chi connectivity index (χ2v) is 4.98. The van der Waals surface area contributed by atoms with Crippen molar-refractivity contribution in [2.24, 2.45) is 5.73 Å². The van der Waals surface area contributed by atoms with Gasteiger partial charge in [-0.1, -0.05) is 6.07 Å². The van der Waals surface area contributed by atoms with Crippen molar-refractivity contribution >= 4 is 27.7 Å². The molecule has 84 valence electrons. The summed E-state index contributed by atoms with van der Waals surface area (Å²) < 4.78 is 27.8. The van der Waals surface area contributed by atoms with Crippen LogP contribution in [0.25, 0.3) is 0 Å². The maximum Gasteiger partial charge on any atom is 0.421 e. The van der Waals surface area contributed by atoms with Gasteiger partial charge >= 0.3 is 16.4 Å². The van der Waals surface area contributed by atoms with Crippen LogP contribution in [0, 0.1) is 0 Å². The number of carbonyl (C=O) groups is 1. The van der Waals surface area contributed by atoms with Gasteiger partial charge in [0.15, 0.2) is 0 Å². The number of hydrogen-bond donors (Lipinski definition) is 2. The molecule has 1 aromatic rings. The van der Waals surface area contributed by atoms with Gasteiger partial charge in [-0.05, 0) is 17.9 Å². The van der Waals surface area contributed by atoms with E-state index in [1.165, 1.54) is 11.3 Å². The van der Waals surface area contributed by atoms with Gasteiger partial charge in [-0.25, -0.2) is 4.79 Å².